The molecule has 3 heterocycles. The Balaban J connectivity index is 1.78. The largest absolute Gasteiger partial charge is 0.465 e. The summed E-state index contributed by atoms with van der Waals surface area (Å²) in [5.74, 6) is 2.55. The predicted molar refractivity (Wildman–Crippen MR) is 73.7 cm³/mol. The van der Waals surface area contributed by atoms with Gasteiger partial charge >= 0.3 is 0 Å². The van der Waals surface area contributed by atoms with Gasteiger partial charge in [0.25, 0.3) is 0 Å². The summed E-state index contributed by atoms with van der Waals surface area (Å²) in [6, 6.07) is 3.77. The summed E-state index contributed by atoms with van der Waals surface area (Å²) in [7, 11) is 1.99. The van der Waals surface area contributed by atoms with Gasteiger partial charge in [-0.2, -0.15) is 0 Å². The van der Waals surface area contributed by atoms with Crippen LogP contribution in [0.15, 0.2) is 22.8 Å². The molecule has 0 aliphatic carbocycles. The average Bonchev–Trinajstić information content (AvgIpc) is 3.07. The van der Waals surface area contributed by atoms with Crippen LogP contribution in [0.2, 0.25) is 0 Å². The Bertz CT molecular complexity index is 552. The van der Waals surface area contributed by atoms with E-state index >= 15 is 0 Å². The highest BCUT2D eigenvalue weighted by molar-refractivity contribution is 5.64. The Morgan fingerprint density at radius 1 is 1.26 bits per heavy atom. The molecule has 3 rings (SSSR count). The second kappa shape index (κ2) is 5.27. The van der Waals surface area contributed by atoms with Crippen molar-refractivity contribution in [2.24, 2.45) is 7.05 Å². The van der Waals surface area contributed by atoms with E-state index in [1.165, 1.54) is 0 Å². The maximum absolute atomic E-state index is 5.26. The van der Waals surface area contributed by atoms with Gasteiger partial charge in [-0.15, -0.1) is 10.2 Å². The highest BCUT2D eigenvalue weighted by Gasteiger charge is 2.16. The molecule has 0 amide bonds. The standard InChI is InChI=1S/C13H17N5O/c1-17-12(5-4-11-3-2-10-19-11)15-16-13(17)18-8-6-14-7-9-18/h2-5,10,14H,6-9H2,1H3/b5-4+. The first-order chi connectivity index (χ1) is 9.34. The van der Waals surface area contributed by atoms with Crippen molar-refractivity contribution in [2.45, 2.75) is 0 Å². The topological polar surface area (TPSA) is 59.1 Å². The molecule has 1 aliphatic rings. The fourth-order valence-electron chi connectivity index (χ4n) is 2.16. The number of piperazine rings is 1. The van der Waals surface area contributed by atoms with E-state index in [-0.39, 0.29) is 0 Å². The van der Waals surface area contributed by atoms with Crippen molar-refractivity contribution in [3.63, 3.8) is 0 Å². The van der Waals surface area contributed by atoms with Gasteiger partial charge in [-0.25, -0.2) is 0 Å². The van der Waals surface area contributed by atoms with Crippen molar-refractivity contribution < 1.29 is 4.42 Å². The van der Waals surface area contributed by atoms with Crippen molar-refractivity contribution in [3.05, 3.63) is 30.0 Å². The number of hydrogen-bond donors (Lipinski definition) is 1. The van der Waals surface area contributed by atoms with E-state index in [0.29, 0.717) is 0 Å². The van der Waals surface area contributed by atoms with E-state index in [1.807, 2.05) is 35.9 Å². The molecule has 0 bridgehead atoms. The van der Waals surface area contributed by atoms with Gasteiger partial charge in [-0.1, -0.05) is 0 Å². The lowest BCUT2D eigenvalue weighted by Gasteiger charge is -2.27. The number of hydrogen-bond acceptors (Lipinski definition) is 5. The summed E-state index contributed by atoms with van der Waals surface area (Å²) in [5, 5.41) is 11.8. The summed E-state index contributed by atoms with van der Waals surface area (Å²) in [6.45, 7) is 3.91. The van der Waals surface area contributed by atoms with Crippen LogP contribution in [0, 0.1) is 0 Å². The molecule has 0 atom stereocenters. The van der Waals surface area contributed by atoms with E-state index in [1.54, 1.807) is 6.26 Å². The van der Waals surface area contributed by atoms with Crippen molar-refractivity contribution in [2.75, 3.05) is 31.1 Å². The lowest BCUT2D eigenvalue weighted by molar-refractivity contribution is 0.557. The van der Waals surface area contributed by atoms with Crippen molar-refractivity contribution in [1.29, 1.82) is 0 Å². The highest BCUT2D eigenvalue weighted by atomic mass is 16.3. The average molecular weight is 259 g/mol. The Hall–Kier alpha value is -2.08. The Labute approximate surface area is 111 Å². The zero-order valence-corrected chi connectivity index (χ0v) is 10.9. The molecule has 6 heteroatoms. The minimum Gasteiger partial charge on any atom is -0.465 e. The Morgan fingerprint density at radius 2 is 2.11 bits per heavy atom. The first-order valence-electron chi connectivity index (χ1n) is 6.41. The van der Waals surface area contributed by atoms with Crippen LogP contribution in [-0.2, 0) is 7.05 Å². The quantitative estimate of drug-likeness (QED) is 0.890. The van der Waals surface area contributed by atoms with Crippen LogP contribution in [0.25, 0.3) is 12.2 Å². The molecule has 2 aromatic rings. The third-order valence-corrected chi connectivity index (χ3v) is 3.23. The minimum atomic E-state index is 0.812. The lowest BCUT2D eigenvalue weighted by atomic mass is 10.4. The van der Waals surface area contributed by atoms with E-state index in [2.05, 4.69) is 20.4 Å². The molecule has 100 valence electrons. The zero-order chi connectivity index (χ0) is 13.1. The van der Waals surface area contributed by atoms with Crippen LogP contribution in [0.5, 0.6) is 0 Å². The normalized spacial score (nSPS) is 16.4. The smallest absolute Gasteiger partial charge is 0.227 e. The minimum absolute atomic E-state index is 0.812. The fourth-order valence-corrected chi connectivity index (χ4v) is 2.16. The summed E-state index contributed by atoms with van der Waals surface area (Å²) in [4.78, 5) is 2.24. The van der Waals surface area contributed by atoms with Gasteiger partial charge in [0.2, 0.25) is 5.95 Å². The molecule has 1 saturated heterocycles. The van der Waals surface area contributed by atoms with Gasteiger partial charge < -0.3 is 14.6 Å². The van der Waals surface area contributed by atoms with Crippen LogP contribution in [0.1, 0.15) is 11.6 Å². The van der Waals surface area contributed by atoms with Crippen molar-refractivity contribution in [3.8, 4) is 0 Å². The summed E-state index contributed by atoms with van der Waals surface area (Å²) >= 11 is 0. The Morgan fingerprint density at radius 3 is 2.84 bits per heavy atom. The van der Waals surface area contributed by atoms with E-state index in [9.17, 15) is 0 Å². The third kappa shape index (κ3) is 2.53. The predicted octanol–water partition coefficient (Wildman–Crippen LogP) is 0.988. The van der Waals surface area contributed by atoms with E-state index in [4.69, 9.17) is 4.42 Å². The van der Waals surface area contributed by atoms with Crippen LogP contribution >= 0.6 is 0 Å². The van der Waals surface area contributed by atoms with Crippen LogP contribution in [0.3, 0.4) is 0 Å². The van der Waals surface area contributed by atoms with Crippen molar-refractivity contribution >= 4 is 18.1 Å². The molecule has 1 N–H and O–H groups in total. The molecule has 0 unspecified atom stereocenters. The number of furan rings is 1. The maximum Gasteiger partial charge on any atom is 0.227 e. The highest BCUT2D eigenvalue weighted by Crippen LogP contribution is 2.14. The van der Waals surface area contributed by atoms with Crippen LogP contribution in [0.4, 0.5) is 5.95 Å². The fraction of sp³-hybridized carbons (Fsp3) is 0.385. The van der Waals surface area contributed by atoms with Gasteiger partial charge in [0, 0.05) is 33.2 Å². The van der Waals surface area contributed by atoms with Gasteiger partial charge in [0.1, 0.15) is 5.76 Å². The van der Waals surface area contributed by atoms with E-state index < -0.39 is 0 Å². The number of nitrogens with one attached hydrogen (secondary N) is 1. The Kier molecular flexibility index (Phi) is 3.33. The molecule has 6 nitrogen and oxygen atoms in total. The molecule has 1 aliphatic heterocycles. The van der Waals surface area contributed by atoms with Gasteiger partial charge in [-0.05, 0) is 24.3 Å². The van der Waals surface area contributed by atoms with Gasteiger partial charge in [-0.3, -0.25) is 4.57 Å². The molecule has 0 spiro atoms. The number of anilines is 1. The van der Waals surface area contributed by atoms with Crippen LogP contribution in [-0.4, -0.2) is 40.9 Å². The maximum atomic E-state index is 5.26. The second-order valence-corrected chi connectivity index (χ2v) is 4.50. The second-order valence-electron chi connectivity index (χ2n) is 4.50. The SMILES string of the molecule is Cn1c(/C=C/c2ccco2)nnc1N1CCNCC1. The molecular formula is C13H17N5O. The first kappa shape index (κ1) is 12.0. The van der Waals surface area contributed by atoms with Gasteiger partial charge in [0.15, 0.2) is 5.82 Å². The first-order valence-corrected chi connectivity index (χ1v) is 6.41. The summed E-state index contributed by atoms with van der Waals surface area (Å²) < 4.78 is 7.26. The van der Waals surface area contributed by atoms with E-state index in [0.717, 1.165) is 43.7 Å². The number of aromatic nitrogens is 3. The summed E-state index contributed by atoms with van der Waals surface area (Å²) in [6.07, 6.45) is 5.46. The monoisotopic (exact) mass is 259 g/mol. The van der Waals surface area contributed by atoms with Crippen LogP contribution < -0.4 is 10.2 Å². The molecular weight excluding hydrogens is 242 g/mol. The zero-order valence-electron chi connectivity index (χ0n) is 10.9. The lowest BCUT2D eigenvalue weighted by Crippen LogP contribution is -2.44. The molecule has 19 heavy (non-hydrogen) atoms. The molecule has 0 radical (unpaired) electrons. The third-order valence-electron chi connectivity index (χ3n) is 3.23. The van der Waals surface area contributed by atoms with Gasteiger partial charge in [0.05, 0.1) is 6.26 Å². The molecule has 2 aromatic heterocycles. The molecule has 1 fully saturated rings. The number of rotatable bonds is 3. The van der Waals surface area contributed by atoms with Crippen molar-refractivity contribution in [1.82, 2.24) is 20.1 Å². The molecule has 0 aromatic carbocycles. The molecule has 0 saturated carbocycles. The summed E-state index contributed by atoms with van der Waals surface area (Å²) in [5.41, 5.74) is 0. The number of nitrogens with zero attached hydrogens (tertiary/aromatic N) is 4.